The van der Waals surface area contributed by atoms with Gasteiger partial charge < -0.3 is 5.32 Å². The van der Waals surface area contributed by atoms with Gasteiger partial charge in [-0.3, -0.25) is 4.79 Å². The molecule has 0 saturated carbocycles. The summed E-state index contributed by atoms with van der Waals surface area (Å²) >= 11 is 0. The zero-order valence-corrected chi connectivity index (χ0v) is 13.8. The number of aryl methyl sites for hydroxylation is 1. The number of ketones is 1. The van der Waals surface area contributed by atoms with Gasteiger partial charge in [0.2, 0.25) is 0 Å². The summed E-state index contributed by atoms with van der Waals surface area (Å²) in [4.78, 5) is 12.6. The van der Waals surface area contributed by atoms with Gasteiger partial charge in [0, 0.05) is 17.7 Å². The highest BCUT2D eigenvalue weighted by Crippen LogP contribution is 2.24. The van der Waals surface area contributed by atoms with Crippen molar-refractivity contribution in [3.63, 3.8) is 0 Å². The van der Waals surface area contributed by atoms with Gasteiger partial charge in [0.25, 0.3) is 0 Å². The van der Waals surface area contributed by atoms with E-state index >= 15 is 0 Å². The summed E-state index contributed by atoms with van der Waals surface area (Å²) in [5.74, 6) is 0.143. The minimum absolute atomic E-state index is 0.0549. The molecule has 3 aromatic rings. The Morgan fingerprint density at radius 1 is 0.833 bits per heavy atom. The molecule has 0 fully saturated rings. The van der Waals surface area contributed by atoms with Crippen molar-refractivity contribution in [1.82, 2.24) is 0 Å². The van der Waals surface area contributed by atoms with E-state index in [9.17, 15) is 4.79 Å². The summed E-state index contributed by atoms with van der Waals surface area (Å²) in [5.41, 5.74) is 4.11. The Bertz CT molecular complexity index is 779. The predicted octanol–water partition coefficient (Wildman–Crippen LogP) is 5.42. The molecule has 0 amide bonds. The summed E-state index contributed by atoms with van der Waals surface area (Å²) in [6.45, 7) is 2.07. The van der Waals surface area contributed by atoms with E-state index in [1.165, 1.54) is 5.56 Å². The first-order chi connectivity index (χ1) is 11.7. The highest BCUT2D eigenvalue weighted by atomic mass is 16.1. The molecule has 0 bridgehead atoms. The van der Waals surface area contributed by atoms with Gasteiger partial charge >= 0.3 is 0 Å². The number of benzene rings is 3. The average Bonchev–Trinajstić information content (AvgIpc) is 2.63. The minimum atomic E-state index is -0.0549. The first-order valence-corrected chi connectivity index (χ1v) is 8.19. The van der Waals surface area contributed by atoms with Gasteiger partial charge in [-0.1, -0.05) is 78.4 Å². The molecular weight excluding hydrogens is 294 g/mol. The molecule has 0 spiro atoms. The van der Waals surface area contributed by atoms with Crippen molar-refractivity contribution in [3.05, 3.63) is 102 Å². The number of carbonyl (C=O) groups excluding carboxylic acids is 1. The number of nitrogens with one attached hydrogen (secondary N) is 1. The van der Waals surface area contributed by atoms with Crippen LogP contribution in [0.1, 0.15) is 33.9 Å². The second kappa shape index (κ2) is 7.60. The lowest BCUT2D eigenvalue weighted by molar-refractivity contribution is 0.0976. The molecule has 3 aromatic carbocycles. The minimum Gasteiger partial charge on any atom is -0.378 e. The summed E-state index contributed by atoms with van der Waals surface area (Å²) in [6.07, 6.45) is 0.419. The molecule has 2 nitrogen and oxygen atoms in total. The van der Waals surface area contributed by atoms with Gasteiger partial charge in [-0.25, -0.2) is 0 Å². The van der Waals surface area contributed by atoms with Crippen LogP contribution in [0, 0.1) is 6.92 Å². The van der Waals surface area contributed by atoms with E-state index < -0.39 is 0 Å². The van der Waals surface area contributed by atoms with E-state index in [2.05, 4.69) is 36.5 Å². The number of anilines is 1. The molecule has 0 aliphatic heterocycles. The second-order valence-electron chi connectivity index (χ2n) is 5.97. The fourth-order valence-corrected chi connectivity index (χ4v) is 2.71. The van der Waals surface area contributed by atoms with Gasteiger partial charge in [-0.05, 0) is 24.6 Å². The van der Waals surface area contributed by atoms with Crippen molar-refractivity contribution in [2.45, 2.75) is 19.4 Å². The van der Waals surface area contributed by atoms with Gasteiger partial charge in [-0.15, -0.1) is 0 Å². The number of hydrogen-bond acceptors (Lipinski definition) is 2. The molecule has 0 radical (unpaired) electrons. The van der Waals surface area contributed by atoms with Crippen LogP contribution in [0.15, 0.2) is 84.9 Å². The van der Waals surface area contributed by atoms with Crippen molar-refractivity contribution in [3.8, 4) is 0 Å². The van der Waals surface area contributed by atoms with E-state index in [4.69, 9.17) is 0 Å². The van der Waals surface area contributed by atoms with Crippen molar-refractivity contribution in [2.24, 2.45) is 0 Å². The van der Waals surface area contributed by atoms with Gasteiger partial charge in [0.1, 0.15) is 0 Å². The van der Waals surface area contributed by atoms with E-state index in [0.29, 0.717) is 6.42 Å². The molecule has 0 aliphatic carbocycles. The van der Waals surface area contributed by atoms with Crippen LogP contribution < -0.4 is 5.32 Å². The van der Waals surface area contributed by atoms with Crippen molar-refractivity contribution < 1.29 is 4.79 Å². The Labute approximate surface area is 143 Å². The van der Waals surface area contributed by atoms with Crippen LogP contribution in [0.4, 0.5) is 5.69 Å². The Hall–Kier alpha value is -2.87. The zero-order valence-electron chi connectivity index (χ0n) is 13.8. The Balaban J connectivity index is 1.84. The highest BCUT2D eigenvalue weighted by Gasteiger charge is 2.17. The molecule has 0 saturated heterocycles. The van der Waals surface area contributed by atoms with Crippen LogP contribution in [0.2, 0.25) is 0 Å². The molecule has 0 aromatic heterocycles. The fraction of sp³-hybridized carbons (Fsp3) is 0.136. The van der Waals surface area contributed by atoms with Gasteiger partial charge in [0.05, 0.1) is 6.04 Å². The average molecular weight is 315 g/mol. The molecule has 0 heterocycles. The van der Waals surface area contributed by atoms with E-state index in [1.54, 1.807) is 0 Å². The zero-order chi connectivity index (χ0) is 16.8. The van der Waals surface area contributed by atoms with Crippen molar-refractivity contribution in [2.75, 3.05) is 5.32 Å². The SMILES string of the molecule is Cc1ccc([C@@H](CC(=O)c2ccccc2)Nc2ccccc2)cc1. The molecule has 0 unspecified atom stereocenters. The van der Waals surface area contributed by atoms with Crippen molar-refractivity contribution in [1.29, 1.82) is 0 Å². The summed E-state index contributed by atoms with van der Waals surface area (Å²) in [6, 6.07) is 27.8. The molecule has 2 heteroatoms. The number of hydrogen-bond donors (Lipinski definition) is 1. The quantitative estimate of drug-likeness (QED) is 0.615. The van der Waals surface area contributed by atoms with Crippen LogP contribution >= 0.6 is 0 Å². The lowest BCUT2D eigenvalue weighted by Crippen LogP contribution is -2.15. The maximum Gasteiger partial charge on any atom is 0.165 e. The normalized spacial score (nSPS) is 11.7. The molecule has 1 N–H and O–H groups in total. The Morgan fingerprint density at radius 2 is 1.42 bits per heavy atom. The Kier molecular flexibility index (Phi) is 5.07. The van der Waals surface area contributed by atoms with Crippen LogP contribution in [-0.2, 0) is 0 Å². The largest absolute Gasteiger partial charge is 0.378 e. The first-order valence-electron chi connectivity index (χ1n) is 8.19. The maximum atomic E-state index is 12.6. The number of para-hydroxylation sites is 1. The van der Waals surface area contributed by atoms with Gasteiger partial charge in [0.15, 0.2) is 5.78 Å². The standard InChI is InChI=1S/C22H21NO/c1-17-12-14-18(15-13-17)21(23-20-10-6-3-7-11-20)16-22(24)19-8-4-2-5-9-19/h2-15,21,23H,16H2,1H3/t21-/m1/s1. The van der Waals surface area contributed by atoms with Crippen LogP contribution in [0.3, 0.4) is 0 Å². The molecule has 0 aliphatic rings. The van der Waals surface area contributed by atoms with E-state index in [-0.39, 0.29) is 11.8 Å². The van der Waals surface area contributed by atoms with Crippen LogP contribution in [-0.4, -0.2) is 5.78 Å². The smallest absolute Gasteiger partial charge is 0.165 e. The highest BCUT2D eigenvalue weighted by molar-refractivity contribution is 5.96. The number of carbonyl (C=O) groups is 1. The van der Waals surface area contributed by atoms with Crippen LogP contribution in [0.25, 0.3) is 0 Å². The topological polar surface area (TPSA) is 29.1 Å². The number of Topliss-reactive ketones (excluding diaryl/α,β-unsaturated/α-hetero) is 1. The van der Waals surface area contributed by atoms with E-state index in [1.807, 2.05) is 60.7 Å². The summed E-state index contributed by atoms with van der Waals surface area (Å²) < 4.78 is 0. The van der Waals surface area contributed by atoms with Gasteiger partial charge in [-0.2, -0.15) is 0 Å². The lowest BCUT2D eigenvalue weighted by Gasteiger charge is -2.20. The van der Waals surface area contributed by atoms with Crippen LogP contribution in [0.5, 0.6) is 0 Å². The third-order valence-electron chi connectivity index (χ3n) is 4.08. The third-order valence-corrected chi connectivity index (χ3v) is 4.08. The summed E-state index contributed by atoms with van der Waals surface area (Å²) in [7, 11) is 0. The second-order valence-corrected chi connectivity index (χ2v) is 5.97. The Morgan fingerprint density at radius 3 is 2.04 bits per heavy atom. The molecular formula is C22H21NO. The molecule has 24 heavy (non-hydrogen) atoms. The maximum absolute atomic E-state index is 12.6. The monoisotopic (exact) mass is 315 g/mol. The third kappa shape index (κ3) is 4.11. The first kappa shape index (κ1) is 16.0. The summed E-state index contributed by atoms with van der Waals surface area (Å²) in [5, 5.41) is 3.49. The molecule has 1 atom stereocenters. The van der Waals surface area contributed by atoms with E-state index in [0.717, 1.165) is 16.8 Å². The fourth-order valence-electron chi connectivity index (χ4n) is 2.71. The van der Waals surface area contributed by atoms with Crippen molar-refractivity contribution >= 4 is 11.5 Å². The lowest BCUT2D eigenvalue weighted by atomic mass is 9.97. The molecule has 120 valence electrons. The predicted molar refractivity (Wildman–Crippen MR) is 99.4 cm³/mol. The number of rotatable bonds is 6. The molecule has 3 rings (SSSR count).